The zero-order chi connectivity index (χ0) is 14.6. The summed E-state index contributed by atoms with van der Waals surface area (Å²) in [7, 11) is 0. The highest BCUT2D eigenvalue weighted by Gasteiger charge is 2.23. The number of carboxylic acid groups (broad SMARTS) is 1. The maximum atomic E-state index is 11.6. The summed E-state index contributed by atoms with van der Waals surface area (Å²) in [5, 5.41) is 8.95. The van der Waals surface area contributed by atoms with E-state index in [9.17, 15) is 14.7 Å². The minimum absolute atomic E-state index is 0.0340. The molecule has 0 aliphatic heterocycles. The molecule has 104 valence electrons. The molecule has 0 saturated heterocycles. The lowest BCUT2D eigenvalue weighted by Crippen LogP contribution is -2.18. The van der Waals surface area contributed by atoms with Gasteiger partial charge < -0.3 is 9.84 Å². The summed E-state index contributed by atoms with van der Waals surface area (Å²) in [4.78, 5) is 30.9. The Labute approximate surface area is 115 Å². The van der Waals surface area contributed by atoms with Gasteiger partial charge in [0.25, 0.3) is 0 Å². The molecule has 1 aromatic rings. The third-order valence-electron chi connectivity index (χ3n) is 2.29. The minimum atomic E-state index is -1.10. The fourth-order valence-corrected chi connectivity index (χ4v) is 2.52. The minimum Gasteiger partial charge on any atom is -0.478 e. The van der Waals surface area contributed by atoms with E-state index in [0.29, 0.717) is 11.5 Å². The first kappa shape index (κ1) is 15.4. The number of aromatic nitrogens is 2. The van der Waals surface area contributed by atoms with Crippen molar-refractivity contribution in [1.29, 1.82) is 0 Å². The number of nitrogens with zero attached hydrogens (tertiary/aromatic N) is 2. The molecule has 1 rings (SSSR count). The molecule has 0 aliphatic rings. The third-order valence-corrected chi connectivity index (χ3v) is 3.35. The first-order chi connectivity index (χ1) is 8.86. The van der Waals surface area contributed by atoms with Crippen molar-refractivity contribution in [2.75, 3.05) is 6.61 Å². The van der Waals surface area contributed by atoms with Crippen LogP contribution < -0.4 is 0 Å². The molecular weight excluding hydrogens is 268 g/mol. The van der Waals surface area contributed by atoms with Crippen LogP contribution in [0.4, 0.5) is 0 Å². The van der Waals surface area contributed by atoms with E-state index in [1.54, 1.807) is 27.7 Å². The number of aromatic carboxylic acids is 1. The van der Waals surface area contributed by atoms with Gasteiger partial charge in [0.05, 0.1) is 12.3 Å². The molecule has 7 heteroatoms. The highest BCUT2D eigenvalue weighted by atomic mass is 32.2. The Kier molecular flexibility index (Phi) is 5.29. The first-order valence-corrected chi connectivity index (χ1v) is 6.66. The molecule has 0 radical (unpaired) electrons. The summed E-state index contributed by atoms with van der Waals surface area (Å²) in [6, 6.07) is 0. The van der Waals surface area contributed by atoms with Crippen LogP contribution in [0.25, 0.3) is 0 Å². The lowest BCUT2D eigenvalue weighted by molar-refractivity contribution is -0.142. The summed E-state index contributed by atoms with van der Waals surface area (Å²) in [5.74, 6) is -1.02. The van der Waals surface area contributed by atoms with Crippen LogP contribution in [0.3, 0.4) is 0 Å². The Hall–Kier alpha value is -1.63. The van der Waals surface area contributed by atoms with Crippen molar-refractivity contribution >= 4 is 23.7 Å². The van der Waals surface area contributed by atoms with E-state index >= 15 is 0 Å². The lowest BCUT2D eigenvalue weighted by atomic mass is 10.2. The van der Waals surface area contributed by atoms with Crippen LogP contribution in [0.15, 0.2) is 5.03 Å². The Morgan fingerprint density at radius 2 is 2.00 bits per heavy atom. The quantitative estimate of drug-likeness (QED) is 0.501. The number of rotatable bonds is 5. The van der Waals surface area contributed by atoms with Crippen molar-refractivity contribution < 1.29 is 19.4 Å². The summed E-state index contributed by atoms with van der Waals surface area (Å²) < 4.78 is 4.89. The topological polar surface area (TPSA) is 89.4 Å². The van der Waals surface area contributed by atoms with E-state index in [1.807, 2.05) is 0 Å². The molecule has 0 saturated carbocycles. The highest BCUT2D eigenvalue weighted by molar-refractivity contribution is 8.00. The second-order valence-corrected chi connectivity index (χ2v) is 5.18. The summed E-state index contributed by atoms with van der Waals surface area (Å²) in [5.41, 5.74) is 0.422. The van der Waals surface area contributed by atoms with Crippen LogP contribution in [-0.4, -0.2) is 38.9 Å². The standard InChI is InChI=1S/C12H16N2O4S/c1-5-18-12(17)7(3)19-10-9(11(15)16)6(2)13-8(4)14-10/h7H,5H2,1-4H3,(H,15,16). The number of hydrogen-bond acceptors (Lipinski definition) is 6. The third kappa shape index (κ3) is 3.92. The molecular formula is C12H16N2O4S. The highest BCUT2D eigenvalue weighted by Crippen LogP contribution is 2.27. The molecule has 6 nitrogen and oxygen atoms in total. The summed E-state index contributed by atoms with van der Waals surface area (Å²) in [6.07, 6.45) is 0. The molecule has 1 unspecified atom stereocenters. The smallest absolute Gasteiger partial charge is 0.340 e. The average Bonchev–Trinajstić information content (AvgIpc) is 2.27. The first-order valence-electron chi connectivity index (χ1n) is 5.78. The number of esters is 1. The molecule has 1 heterocycles. The molecule has 1 aromatic heterocycles. The van der Waals surface area contributed by atoms with Gasteiger partial charge in [-0.1, -0.05) is 11.8 Å². The van der Waals surface area contributed by atoms with E-state index in [-0.39, 0.29) is 17.2 Å². The molecule has 0 spiro atoms. The van der Waals surface area contributed by atoms with Gasteiger partial charge in [0.1, 0.15) is 21.7 Å². The van der Waals surface area contributed by atoms with Gasteiger partial charge in [0.15, 0.2) is 0 Å². The van der Waals surface area contributed by atoms with Crippen molar-refractivity contribution in [2.45, 2.75) is 38.0 Å². The fraction of sp³-hybridized carbons (Fsp3) is 0.500. The molecule has 0 aromatic carbocycles. The molecule has 1 N–H and O–H groups in total. The van der Waals surface area contributed by atoms with Gasteiger partial charge in [-0.25, -0.2) is 14.8 Å². The summed E-state index contributed by atoms with van der Waals surface area (Å²) in [6.45, 7) is 6.95. The Bertz CT molecular complexity index is 505. The fourth-order valence-electron chi connectivity index (χ4n) is 1.49. The number of thioether (sulfide) groups is 1. The number of ether oxygens (including phenoxy) is 1. The second kappa shape index (κ2) is 6.51. The van der Waals surface area contributed by atoms with Crippen LogP contribution in [0.2, 0.25) is 0 Å². The van der Waals surface area contributed by atoms with Crippen molar-refractivity contribution in [3.63, 3.8) is 0 Å². The van der Waals surface area contributed by atoms with Gasteiger partial charge in [0.2, 0.25) is 0 Å². The molecule has 0 fully saturated rings. The number of carbonyl (C=O) groups is 2. The second-order valence-electron chi connectivity index (χ2n) is 3.85. The number of carboxylic acids is 1. The van der Waals surface area contributed by atoms with Crippen LogP contribution in [0.1, 0.15) is 35.7 Å². The van der Waals surface area contributed by atoms with Crippen LogP contribution in [0, 0.1) is 13.8 Å². The monoisotopic (exact) mass is 284 g/mol. The van der Waals surface area contributed by atoms with Crippen molar-refractivity contribution in [1.82, 2.24) is 9.97 Å². The number of carbonyl (C=O) groups excluding carboxylic acids is 1. The van der Waals surface area contributed by atoms with E-state index in [4.69, 9.17) is 4.74 Å². The van der Waals surface area contributed by atoms with E-state index in [0.717, 1.165) is 11.8 Å². The molecule has 0 bridgehead atoms. The number of aryl methyl sites for hydroxylation is 2. The normalized spacial score (nSPS) is 12.0. The van der Waals surface area contributed by atoms with Crippen LogP contribution >= 0.6 is 11.8 Å². The zero-order valence-electron chi connectivity index (χ0n) is 11.3. The van der Waals surface area contributed by atoms with Crippen LogP contribution in [0.5, 0.6) is 0 Å². The molecule has 0 amide bonds. The average molecular weight is 284 g/mol. The largest absolute Gasteiger partial charge is 0.478 e. The van der Waals surface area contributed by atoms with E-state index < -0.39 is 17.2 Å². The maximum Gasteiger partial charge on any atom is 0.340 e. The van der Waals surface area contributed by atoms with Gasteiger partial charge in [-0.2, -0.15) is 0 Å². The Balaban J connectivity index is 3.06. The Morgan fingerprint density at radius 3 is 2.53 bits per heavy atom. The lowest BCUT2D eigenvalue weighted by Gasteiger charge is -2.12. The zero-order valence-corrected chi connectivity index (χ0v) is 12.1. The molecule has 1 atom stereocenters. The molecule has 0 aliphatic carbocycles. The van der Waals surface area contributed by atoms with Gasteiger partial charge in [-0.05, 0) is 27.7 Å². The van der Waals surface area contributed by atoms with Gasteiger partial charge >= 0.3 is 11.9 Å². The van der Waals surface area contributed by atoms with Gasteiger partial charge in [-0.3, -0.25) is 4.79 Å². The van der Waals surface area contributed by atoms with E-state index in [2.05, 4.69) is 9.97 Å². The maximum absolute atomic E-state index is 11.6. The van der Waals surface area contributed by atoms with Crippen molar-refractivity contribution in [2.24, 2.45) is 0 Å². The van der Waals surface area contributed by atoms with Gasteiger partial charge in [0, 0.05) is 0 Å². The van der Waals surface area contributed by atoms with Gasteiger partial charge in [-0.15, -0.1) is 0 Å². The Morgan fingerprint density at radius 1 is 1.37 bits per heavy atom. The summed E-state index contributed by atoms with van der Waals surface area (Å²) >= 11 is 1.07. The van der Waals surface area contributed by atoms with Crippen molar-refractivity contribution in [3.8, 4) is 0 Å². The number of hydrogen-bond donors (Lipinski definition) is 1. The SMILES string of the molecule is CCOC(=O)C(C)Sc1nc(C)nc(C)c1C(=O)O. The van der Waals surface area contributed by atoms with E-state index in [1.165, 1.54) is 0 Å². The van der Waals surface area contributed by atoms with Crippen LogP contribution in [-0.2, 0) is 9.53 Å². The van der Waals surface area contributed by atoms with Crippen molar-refractivity contribution in [3.05, 3.63) is 17.1 Å². The molecule has 19 heavy (non-hydrogen) atoms. The predicted octanol–water partition coefficient (Wildman–Crippen LogP) is 1.84. The predicted molar refractivity (Wildman–Crippen MR) is 70.4 cm³/mol.